The topological polar surface area (TPSA) is 78.6 Å². The van der Waals surface area contributed by atoms with Crippen LogP contribution in [0.1, 0.15) is 44.7 Å². The smallest absolute Gasteiger partial charge is 0.314 e. The summed E-state index contributed by atoms with van der Waals surface area (Å²) in [5.41, 5.74) is -1.18. The minimum absolute atomic E-state index is 0.0499. The molecule has 214 valence electrons. The van der Waals surface area contributed by atoms with Crippen LogP contribution >= 0.6 is 0 Å². The fourth-order valence-electron chi connectivity index (χ4n) is 5.31. The molecule has 1 aromatic carbocycles. The lowest BCUT2D eigenvalue weighted by atomic mass is 9.89. The van der Waals surface area contributed by atoms with E-state index in [-0.39, 0.29) is 31.0 Å². The number of nitrogens with zero attached hydrogens (tertiary/aromatic N) is 6. The van der Waals surface area contributed by atoms with Crippen LogP contribution in [0, 0.1) is 11.7 Å². The van der Waals surface area contributed by atoms with Gasteiger partial charge >= 0.3 is 6.43 Å². The average molecular weight is 561 g/mol. The predicted octanol–water partition coefficient (Wildman–Crippen LogP) is 4.89. The van der Waals surface area contributed by atoms with Gasteiger partial charge in [0, 0.05) is 63.5 Å². The van der Waals surface area contributed by atoms with Crippen molar-refractivity contribution in [3.05, 3.63) is 60.0 Å². The maximum absolute atomic E-state index is 16.2. The molecule has 2 aliphatic rings. The highest BCUT2D eigenvalue weighted by Crippen LogP contribution is 2.34. The molecule has 2 saturated heterocycles. The molecule has 0 spiro atoms. The first kappa shape index (κ1) is 28.2. The second kappa shape index (κ2) is 11.6. The van der Waals surface area contributed by atoms with Gasteiger partial charge in [0.2, 0.25) is 5.89 Å². The van der Waals surface area contributed by atoms with E-state index in [0.717, 1.165) is 19.6 Å². The van der Waals surface area contributed by atoms with E-state index < -0.39 is 29.7 Å². The molecule has 0 saturated carbocycles. The van der Waals surface area contributed by atoms with E-state index in [2.05, 4.69) is 38.8 Å². The largest absolute Gasteiger partial charge is 0.415 e. The van der Waals surface area contributed by atoms with Crippen molar-refractivity contribution in [2.45, 2.75) is 51.4 Å². The zero-order chi connectivity index (χ0) is 28.4. The van der Waals surface area contributed by atoms with E-state index in [1.807, 2.05) is 0 Å². The number of carbonyl (C=O) groups is 1. The first-order chi connectivity index (χ1) is 19.1. The summed E-state index contributed by atoms with van der Waals surface area (Å²) in [4.78, 5) is 23.8. The molecule has 0 bridgehead atoms. The molecule has 2 aliphatic heterocycles. The Labute approximate surface area is 230 Å². The van der Waals surface area contributed by atoms with E-state index in [1.165, 1.54) is 35.4 Å². The summed E-state index contributed by atoms with van der Waals surface area (Å²) in [6, 6.07) is 8.91. The van der Waals surface area contributed by atoms with Gasteiger partial charge < -0.3 is 9.32 Å². The summed E-state index contributed by atoms with van der Waals surface area (Å²) in [6.07, 6.45) is -1.45. The molecule has 5 rings (SSSR count). The number of anilines is 1. The molecule has 40 heavy (non-hydrogen) atoms. The highest BCUT2D eigenvalue weighted by molar-refractivity contribution is 5.99. The molecule has 12 heteroatoms. The van der Waals surface area contributed by atoms with Gasteiger partial charge in [-0.2, -0.15) is 8.78 Å². The molecular weight excluding hydrogens is 528 g/mol. The number of hydrogen-bond donors (Lipinski definition) is 0. The van der Waals surface area contributed by atoms with Gasteiger partial charge in [-0.1, -0.05) is 19.9 Å². The minimum Gasteiger partial charge on any atom is -0.415 e. The second-order valence-electron chi connectivity index (χ2n) is 10.9. The van der Waals surface area contributed by atoms with Crippen LogP contribution in [0.2, 0.25) is 0 Å². The van der Waals surface area contributed by atoms with Crippen LogP contribution in [-0.4, -0.2) is 75.3 Å². The van der Waals surface area contributed by atoms with E-state index in [9.17, 15) is 18.0 Å². The van der Waals surface area contributed by atoms with Crippen LogP contribution in [0.3, 0.4) is 0 Å². The van der Waals surface area contributed by atoms with Crippen molar-refractivity contribution in [3.8, 4) is 11.5 Å². The minimum atomic E-state index is -2.90. The Balaban J connectivity index is 1.29. The molecule has 1 amide bonds. The van der Waals surface area contributed by atoms with Crippen LogP contribution in [-0.2, 0) is 11.3 Å². The molecule has 0 atom stereocenters. The summed E-state index contributed by atoms with van der Waals surface area (Å²) < 4.78 is 60.9. The fourth-order valence-corrected chi connectivity index (χ4v) is 5.31. The van der Waals surface area contributed by atoms with Crippen molar-refractivity contribution in [1.82, 2.24) is 25.0 Å². The van der Waals surface area contributed by atoms with Gasteiger partial charge in [-0.05, 0) is 36.2 Å². The van der Waals surface area contributed by atoms with Crippen LogP contribution in [0.25, 0.3) is 11.5 Å². The van der Waals surface area contributed by atoms with Gasteiger partial charge in [0.15, 0.2) is 5.67 Å². The van der Waals surface area contributed by atoms with Crippen LogP contribution in [0.4, 0.5) is 23.2 Å². The molecule has 0 N–H and O–H groups in total. The number of pyridine rings is 1. The van der Waals surface area contributed by atoms with Crippen molar-refractivity contribution < 1.29 is 26.8 Å². The third-order valence-electron chi connectivity index (χ3n) is 7.44. The molecule has 0 radical (unpaired) electrons. The quantitative estimate of drug-likeness (QED) is 0.345. The fraction of sp³-hybridized carbons (Fsp3) is 0.500. The van der Waals surface area contributed by atoms with Crippen molar-refractivity contribution in [2.24, 2.45) is 5.92 Å². The maximum Gasteiger partial charge on any atom is 0.314 e. The number of hydrogen-bond acceptors (Lipinski definition) is 7. The number of rotatable bonds is 9. The van der Waals surface area contributed by atoms with Gasteiger partial charge in [0.1, 0.15) is 5.82 Å². The molecule has 0 unspecified atom stereocenters. The van der Waals surface area contributed by atoms with Gasteiger partial charge in [0.05, 0.1) is 17.8 Å². The normalized spacial score (nSPS) is 18.3. The predicted molar refractivity (Wildman–Crippen MR) is 140 cm³/mol. The molecule has 2 aromatic heterocycles. The zero-order valence-electron chi connectivity index (χ0n) is 22.4. The van der Waals surface area contributed by atoms with Crippen molar-refractivity contribution in [2.75, 3.05) is 37.6 Å². The number of likely N-dealkylation sites (tertiary alicyclic amines) is 2. The van der Waals surface area contributed by atoms with Crippen molar-refractivity contribution in [3.63, 3.8) is 0 Å². The van der Waals surface area contributed by atoms with Crippen LogP contribution in [0.5, 0.6) is 0 Å². The number of carbonyl (C=O) groups excluding carboxylic acids is 1. The van der Waals surface area contributed by atoms with Gasteiger partial charge in [-0.25, -0.2) is 8.78 Å². The molecule has 4 heterocycles. The standard InChI is InChI=1S/C28H32F4N6O2/c1-18(2)14-36-16-23(17-36)37-10-8-28(32,9-11-37)27(39)38(22-5-3-4-20(29)12-22)15-21-7-6-19(13-33-21)25-34-35-26(40-25)24(30)31/h3-7,12-13,18,23-24H,8-11,14-17H2,1-2H3. The Morgan fingerprint density at radius 1 is 1.15 bits per heavy atom. The Morgan fingerprint density at radius 3 is 2.50 bits per heavy atom. The summed E-state index contributed by atoms with van der Waals surface area (Å²) in [6.45, 7) is 8.14. The number of halogens is 4. The lowest BCUT2D eigenvalue weighted by molar-refractivity contribution is -0.134. The third kappa shape index (κ3) is 6.17. The lowest BCUT2D eigenvalue weighted by Gasteiger charge is -2.49. The number of piperidine rings is 1. The monoisotopic (exact) mass is 560 g/mol. The third-order valence-corrected chi connectivity index (χ3v) is 7.44. The molecule has 3 aromatic rings. The van der Waals surface area contributed by atoms with E-state index in [0.29, 0.717) is 36.3 Å². The lowest BCUT2D eigenvalue weighted by Crippen LogP contribution is -2.63. The highest BCUT2D eigenvalue weighted by Gasteiger charge is 2.46. The Kier molecular flexibility index (Phi) is 8.18. The number of aromatic nitrogens is 3. The highest BCUT2D eigenvalue weighted by atomic mass is 19.3. The molecular formula is C28H32F4N6O2. The number of amides is 1. The summed E-state index contributed by atoms with van der Waals surface area (Å²) >= 11 is 0. The molecule has 0 aliphatic carbocycles. The summed E-state index contributed by atoms with van der Waals surface area (Å²) in [5.74, 6) is -1.62. The Morgan fingerprint density at radius 2 is 1.90 bits per heavy atom. The summed E-state index contributed by atoms with van der Waals surface area (Å²) in [7, 11) is 0. The second-order valence-corrected chi connectivity index (χ2v) is 10.9. The summed E-state index contributed by atoms with van der Waals surface area (Å²) in [5, 5.41) is 6.90. The van der Waals surface area contributed by atoms with Crippen molar-refractivity contribution in [1.29, 1.82) is 0 Å². The number of alkyl halides is 3. The maximum atomic E-state index is 16.2. The average Bonchev–Trinajstić information content (AvgIpc) is 3.41. The van der Waals surface area contributed by atoms with Crippen LogP contribution in [0.15, 0.2) is 47.0 Å². The zero-order valence-corrected chi connectivity index (χ0v) is 22.4. The molecule has 8 nitrogen and oxygen atoms in total. The Hall–Kier alpha value is -3.38. The number of benzene rings is 1. The van der Waals surface area contributed by atoms with E-state index in [4.69, 9.17) is 4.42 Å². The van der Waals surface area contributed by atoms with E-state index in [1.54, 1.807) is 12.1 Å². The molecule has 2 fully saturated rings. The van der Waals surface area contributed by atoms with Gasteiger partial charge in [-0.15, -0.1) is 10.2 Å². The first-order valence-electron chi connectivity index (χ1n) is 13.4. The van der Waals surface area contributed by atoms with E-state index >= 15 is 4.39 Å². The van der Waals surface area contributed by atoms with Crippen LogP contribution < -0.4 is 4.90 Å². The Bertz CT molecular complexity index is 1300. The van der Waals surface area contributed by atoms with Gasteiger partial charge in [0.25, 0.3) is 11.8 Å². The first-order valence-corrected chi connectivity index (χ1v) is 13.4. The SMILES string of the molecule is CC(C)CN1CC(N2CCC(F)(C(=O)N(Cc3ccc(-c4nnc(C(F)F)o4)cn3)c3cccc(F)c3)CC2)C1. The van der Waals surface area contributed by atoms with Crippen molar-refractivity contribution >= 4 is 11.6 Å². The van der Waals surface area contributed by atoms with Gasteiger partial charge in [-0.3, -0.25) is 19.6 Å².